The molecule has 5 nitrogen and oxygen atoms in total. The van der Waals surface area contributed by atoms with Gasteiger partial charge in [0.25, 0.3) is 0 Å². The number of esters is 1. The molecule has 1 rings (SSSR count). The number of benzene rings is 1. The Morgan fingerprint density at radius 2 is 1.95 bits per heavy atom. The summed E-state index contributed by atoms with van der Waals surface area (Å²) in [5.41, 5.74) is 6.62. The van der Waals surface area contributed by atoms with Crippen molar-refractivity contribution in [1.29, 1.82) is 0 Å². The molecule has 0 bridgehead atoms. The third-order valence-corrected chi connectivity index (χ3v) is 3.18. The average Bonchev–Trinajstić information content (AvgIpc) is 2.44. The summed E-state index contributed by atoms with van der Waals surface area (Å²) >= 11 is 4.97. The Morgan fingerprint density at radius 3 is 2.45 bits per heavy atom. The van der Waals surface area contributed by atoms with Gasteiger partial charge in [-0.05, 0) is 12.0 Å². The first-order chi connectivity index (χ1) is 9.45. The van der Waals surface area contributed by atoms with Crippen molar-refractivity contribution in [2.45, 2.75) is 6.42 Å². The first-order valence-electron chi connectivity index (χ1n) is 6.10. The molecule has 0 heterocycles. The topological polar surface area (TPSA) is 72.6 Å². The molecule has 20 heavy (non-hydrogen) atoms. The molecule has 0 aliphatic carbocycles. The lowest BCUT2D eigenvalue weighted by Crippen LogP contribution is -2.42. The number of nitrogens with two attached hydrogens (primary N) is 1. The minimum absolute atomic E-state index is 0.121. The minimum Gasteiger partial charge on any atom is -0.468 e. The number of thiocarbonyl (C=S) groups is 1. The van der Waals surface area contributed by atoms with E-state index < -0.39 is 11.9 Å². The van der Waals surface area contributed by atoms with Gasteiger partial charge in [-0.25, -0.2) is 0 Å². The Labute approximate surface area is 123 Å². The third-order valence-electron chi connectivity index (χ3n) is 2.89. The lowest BCUT2D eigenvalue weighted by atomic mass is 9.98. The minimum atomic E-state index is -0.623. The fraction of sp³-hybridized carbons (Fsp3) is 0.357. The first-order valence-corrected chi connectivity index (χ1v) is 6.51. The SMILES string of the molecule is COC(=O)CN(C)C(=O)C(Cc1ccccc1)C(N)=S. The van der Waals surface area contributed by atoms with E-state index in [2.05, 4.69) is 4.74 Å². The molecule has 1 aromatic carbocycles. The van der Waals surface area contributed by atoms with Gasteiger partial charge in [0, 0.05) is 7.05 Å². The fourth-order valence-corrected chi connectivity index (χ4v) is 1.95. The highest BCUT2D eigenvalue weighted by molar-refractivity contribution is 7.80. The summed E-state index contributed by atoms with van der Waals surface area (Å²) in [7, 11) is 2.80. The van der Waals surface area contributed by atoms with Crippen LogP contribution in [0.25, 0.3) is 0 Å². The fourth-order valence-electron chi connectivity index (χ4n) is 1.76. The van der Waals surface area contributed by atoms with Crippen LogP contribution in [0.15, 0.2) is 30.3 Å². The van der Waals surface area contributed by atoms with Crippen LogP contribution in [0.2, 0.25) is 0 Å². The number of carbonyl (C=O) groups is 2. The van der Waals surface area contributed by atoms with Gasteiger partial charge < -0.3 is 15.4 Å². The smallest absolute Gasteiger partial charge is 0.325 e. The summed E-state index contributed by atoms with van der Waals surface area (Å²) in [5.74, 6) is -1.39. The summed E-state index contributed by atoms with van der Waals surface area (Å²) in [6.45, 7) is -0.122. The van der Waals surface area contributed by atoms with Crippen LogP contribution in [0.5, 0.6) is 0 Å². The molecule has 6 heteroatoms. The van der Waals surface area contributed by atoms with E-state index >= 15 is 0 Å². The van der Waals surface area contributed by atoms with Crippen molar-refractivity contribution in [3.05, 3.63) is 35.9 Å². The molecule has 0 aromatic heterocycles. The Bertz CT molecular complexity index is 490. The molecule has 0 radical (unpaired) electrons. The number of hydrogen-bond acceptors (Lipinski definition) is 4. The van der Waals surface area contributed by atoms with Gasteiger partial charge in [-0.3, -0.25) is 9.59 Å². The summed E-state index contributed by atoms with van der Waals surface area (Å²) in [4.78, 5) is 24.9. The second kappa shape index (κ2) is 7.59. The van der Waals surface area contributed by atoms with Crippen molar-refractivity contribution in [2.24, 2.45) is 11.7 Å². The van der Waals surface area contributed by atoms with E-state index in [0.717, 1.165) is 5.56 Å². The van der Waals surface area contributed by atoms with E-state index in [1.165, 1.54) is 19.1 Å². The van der Waals surface area contributed by atoms with Crippen LogP contribution >= 0.6 is 12.2 Å². The highest BCUT2D eigenvalue weighted by Gasteiger charge is 2.26. The Hall–Kier alpha value is -1.95. The van der Waals surface area contributed by atoms with Gasteiger partial charge in [-0.15, -0.1) is 0 Å². The Morgan fingerprint density at radius 1 is 1.35 bits per heavy atom. The number of amides is 1. The molecule has 1 atom stereocenters. The zero-order valence-corrected chi connectivity index (χ0v) is 12.4. The predicted molar refractivity (Wildman–Crippen MR) is 80.1 cm³/mol. The standard InChI is InChI=1S/C14H18N2O3S/c1-16(9-12(17)19-2)14(18)11(13(15)20)8-10-6-4-3-5-7-10/h3-7,11H,8-9H2,1-2H3,(H2,15,20). The van der Waals surface area contributed by atoms with E-state index in [-0.39, 0.29) is 17.4 Å². The molecular weight excluding hydrogens is 276 g/mol. The molecular formula is C14H18N2O3S. The van der Waals surface area contributed by atoms with Crippen molar-refractivity contribution in [3.8, 4) is 0 Å². The van der Waals surface area contributed by atoms with E-state index in [4.69, 9.17) is 18.0 Å². The summed E-state index contributed by atoms with van der Waals surface area (Å²) in [5, 5.41) is 0. The first kappa shape index (κ1) is 16.1. The maximum absolute atomic E-state index is 12.3. The Balaban J connectivity index is 2.78. The number of rotatable bonds is 6. The molecule has 0 saturated heterocycles. The van der Waals surface area contributed by atoms with Crippen LogP contribution < -0.4 is 5.73 Å². The van der Waals surface area contributed by atoms with E-state index in [1.807, 2.05) is 30.3 Å². The van der Waals surface area contributed by atoms with Crippen molar-refractivity contribution in [2.75, 3.05) is 20.7 Å². The second-order valence-electron chi connectivity index (χ2n) is 4.42. The molecule has 2 N–H and O–H groups in total. The van der Waals surface area contributed by atoms with Crippen LogP contribution in [0, 0.1) is 5.92 Å². The number of nitrogens with zero attached hydrogens (tertiary/aromatic N) is 1. The molecule has 108 valence electrons. The molecule has 0 spiro atoms. The average molecular weight is 294 g/mol. The van der Waals surface area contributed by atoms with E-state index in [9.17, 15) is 9.59 Å². The Kier molecular flexibility index (Phi) is 6.11. The monoisotopic (exact) mass is 294 g/mol. The highest BCUT2D eigenvalue weighted by atomic mass is 32.1. The lowest BCUT2D eigenvalue weighted by Gasteiger charge is -2.22. The molecule has 0 fully saturated rings. The quantitative estimate of drug-likeness (QED) is 0.619. The van der Waals surface area contributed by atoms with Crippen molar-refractivity contribution < 1.29 is 14.3 Å². The maximum atomic E-state index is 12.3. The number of likely N-dealkylation sites (N-methyl/N-ethyl adjacent to an activating group) is 1. The molecule has 0 saturated carbocycles. The molecule has 0 aliphatic heterocycles. The van der Waals surface area contributed by atoms with Crippen LogP contribution in [0.4, 0.5) is 0 Å². The second-order valence-corrected chi connectivity index (χ2v) is 4.89. The number of ether oxygens (including phenoxy) is 1. The molecule has 1 unspecified atom stereocenters. The van der Waals surface area contributed by atoms with Gasteiger partial charge in [0.05, 0.1) is 18.0 Å². The lowest BCUT2D eigenvalue weighted by molar-refractivity contribution is -0.146. The van der Waals surface area contributed by atoms with E-state index in [1.54, 1.807) is 0 Å². The van der Waals surface area contributed by atoms with Crippen molar-refractivity contribution in [1.82, 2.24) is 4.90 Å². The van der Waals surface area contributed by atoms with Gasteiger partial charge in [0.1, 0.15) is 6.54 Å². The number of hydrogen-bond donors (Lipinski definition) is 1. The summed E-state index contributed by atoms with van der Waals surface area (Å²) in [6, 6.07) is 9.46. The predicted octanol–water partition coefficient (Wildman–Crippen LogP) is 0.763. The van der Waals surface area contributed by atoms with Gasteiger partial charge in [-0.2, -0.15) is 0 Å². The maximum Gasteiger partial charge on any atom is 0.325 e. The third kappa shape index (κ3) is 4.62. The van der Waals surface area contributed by atoms with Gasteiger partial charge in [0.2, 0.25) is 5.91 Å². The number of carbonyl (C=O) groups excluding carboxylic acids is 2. The zero-order valence-electron chi connectivity index (χ0n) is 11.5. The number of methoxy groups -OCH3 is 1. The normalized spacial score (nSPS) is 11.5. The summed E-state index contributed by atoms with van der Waals surface area (Å²) < 4.78 is 4.53. The van der Waals surface area contributed by atoms with Crippen molar-refractivity contribution >= 4 is 29.1 Å². The zero-order chi connectivity index (χ0) is 15.1. The van der Waals surface area contributed by atoms with Gasteiger partial charge in [0.15, 0.2) is 0 Å². The van der Waals surface area contributed by atoms with Crippen LogP contribution in [0.3, 0.4) is 0 Å². The van der Waals surface area contributed by atoms with Crippen LogP contribution in [-0.4, -0.2) is 42.5 Å². The van der Waals surface area contributed by atoms with Crippen LogP contribution in [-0.2, 0) is 20.7 Å². The summed E-state index contributed by atoms with van der Waals surface area (Å²) in [6.07, 6.45) is 0.417. The largest absolute Gasteiger partial charge is 0.468 e. The van der Waals surface area contributed by atoms with Crippen molar-refractivity contribution in [3.63, 3.8) is 0 Å². The van der Waals surface area contributed by atoms with E-state index in [0.29, 0.717) is 6.42 Å². The molecule has 1 aromatic rings. The highest BCUT2D eigenvalue weighted by Crippen LogP contribution is 2.12. The van der Waals surface area contributed by atoms with Gasteiger partial charge >= 0.3 is 5.97 Å². The van der Waals surface area contributed by atoms with Crippen LogP contribution in [0.1, 0.15) is 5.56 Å². The van der Waals surface area contributed by atoms with Gasteiger partial charge in [-0.1, -0.05) is 42.5 Å². The molecule has 1 amide bonds. The molecule has 0 aliphatic rings.